The molecule has 0 bridgehead atoms. The second-order valence-electron chi connectivity index (χ2n) is 20.0. The van der Waals surface area contributed by atoms with E-state index in [1.54, 1.807) is 0 Å². The van der Waals surface area contributed by atoms with E-state index in [1.165, 1.54) is 115 Å². The summed E-state index contributed by atoms with van der Waals surface area (Å²) in [5, 5.41) is 2.44. The molecule has 12 rings (SSSR count). The van der Waals surface area contributed by atoms with Crippen molar-refractivity contribution >= 4 is 44.9 Å². The summed E-state index contributed by atoms with van der Waals surface area (Å²) in [6.45, 7) is 7.00. The number of hydrogen-bond acceptors (Lipinski definition) is 2. The Balaban J connectivity index is 0.898. The van der Waals surface area contributed by atoms with Crippen molar-refractivity contribution in [3.63, 3.8) is 0 Å². The minimum Gasteiger partial charge on any atom is -0.311 e. The first-order valence-corrected chi connectivity index (χ1v) is 25.3. The van der Waals surface area contributed by atoms with Crippen LogP contribution in [0.15, 0.2) is 231 Å². The number of para-hydroxylation sites is 1. The highest BCUT2D eigenvalue weighted by Gasteiger charge is 2.37. The average Bonchev–Trinajstić information content (AvgIpc) is 3.65. The van der Waals surface area contributed by atoms with Crippen molar-refractivity contribution in [1.82, 2.24) is 0 Å². The standard InChI is InChI=1S/C68H58N2/c1-47-17-15-28-64-67(47)62-42-41-61(46-65(62)68(64,2)3)70(66-45-56-23-14-13-22-55(56)44-63(66)52-20-9-5-10-21-52)60-39-33-51(34-40-60)54-25-16-24-53(43-54)50-31-37-59(38-32-50)69(57-26-11-6-12-27-57)58-35-29-49(30-36-58)48-18-7-4-8-19-48/h5-6,9-17,20-46,48H,4,7-8,18-19H2,1-3H3. The van der Waals surface area contributed by atoms with Gasteiger partial charge in [-0.3, -0.25) is 0 Å². The van der Waals surface area contributed by atoms with Crippen LogP contribution in [0.5, 0.6) is 0 Å². The predicted molar refractivity (Wildman–Crippen MR) is 298 cm³/mol. The lowest BCUT2D eigenvalue weighted by Crippen LogP contribution is -2.17. The van der Waals surface area contributed by atoms with E-state index >= 15 is 0 Å². The molecular formula is C68H58N2. The van der Waals surface area contributed by atoms with E-state index in [4.69, 9.17) is 0 Å². The van der Waals surface area contributed by atoms with E-state index in [-0.39, 0.29) is 5.41 Å². The van der Waals surface area contributed by atoms with Gasteiger partial charge in [0.2, 0.25) is 0 Å². The third-order valence-electron chi connectivity index (χ3n) is 15.4. The maximum absolute atomic E-state index is 2.48. The zero-order valence-corrected chi connectivity index (χ0v) is 40.4. The summed E-state index contributed by atoms with van der Waals surface area (Å²) < 4.78 is 0. The Kier molecular flexibility index (Phi) is 11.3. The van der Waals surface area contributed by atoms with Crippen LogP contribution in [0, 0.1) is 6.92 Å². The van der Waals surface area contributed by atoms with Crippen LogP contribution in [0.2, 0.25) is 0 Å². The Morgan fingerprint density at radius 1 is 0.371 bits per heavy atom. The van der Waals surface area contributed by atoms with Gasteiger partial charge in [0, 0.05) is 39.4 Å². The van der Waals surface area contributed by atoms with Gasteiger partial charge >= 0.3 is 0 Å². The van der Waals surface area contributed by atoms with Gasteiger partial charge in [-0.1, -0.05) is 185 Å². The Morgan fingerprint density at radius 2 is 0.900 bits per heavy atom. The van der Waals surface area contributed by atoms with Gasteiger partial charge in [-0.25, -0.2) is 0 Å². The van der Waals surface area contributed by atoms with Crippen LogP contribution in [0.25, 0.3) is 55.3 Å². The number of anilines is 6. The highest BCUT2D eigenvalue weighted by Crippen LogP contribution is 2.53. The van der Waals surface area contributed by atoms with Crippen molar-refractivity contribution in [1.29, 1.82) is 0 Å². The van der Waals surface area contributed by atoms with Crippen LogP contribution in [-0.4, -0.2) is 0 Å². The van der Waals surface area contributed by atoms with Crippen molar-refractivity contribution in [2.75, 3.05) is 9.80 Å². The lowest BCUT2D eigenvalue weighted by Gasteiger charge is -2.30. The van der Waals surface area contributed by atoms with Crippen molar-refractivity contribution in [3.8, 4) is 44.5 Å². The summed E-state index contributed by atoms with van der Waals surface area (Å²) in [6.07, 6.45) is 6.67. The van der Waals surface area contributed by atoms with Crippen LogP contribution in [0.4, 0.5) is 34.1 Å². The second-order valence-corrected chi connectivity index (χ2v) is 20.0. The van der Waals surface area contributed by atoms with Crippen LogP contribution in [0.3, 0.4) is 0 Å². The minimum absolute atomic E-state index is 0.138. The monoisotopic (exact) mass is 902 g/mol. The molecule has 70 heavy (non-hydrogen) atoms. The van der Waals surface area contributed by atoms with Gasteiger partial charge in [0.05, 0.1) is 5.69 Å². The van der Waals surface area contributed by atoms with Crippen LogP contribution < -0.4 is 9.80 Å². The molecular weight excluding hydrogens is 845 g/mol. The molecule has 340 valence electrons. The van der Waals surface area contributed by atoms with E-state index in [2.05, 4.69) is 261 Å². The lowest BCUT2D eigenvalue weighted by molar-refractivity contribution is 0.443. The molecule has 1 saturated carbocycles. The van der Waals surface area contributed by atoms with Gasteiger partial charge < -0.3 is 9.80 Å². The van der Waals surface area contributed by atoms with Crippen molar-refractivity contribution in [2.24, 2.45) is 0 Å². The first kappa shape index (κ1) is 43.3. The Morgan fingerprint density at radius 3 is 1.56 bits per heavy atom. The fraction of sp³-hybridized carbons (Fsp3) is 0.147. The maximum Gasteiger partial charge on any atom is 0.0546 e. The van der Waals surface area contributed by atoms with Crippen LogP contribution in [0.1, 0.15) is 74.1 Å². The van der Waals surface area contributed by atoms with E-state index in [0.717, 1.165) is 28.4 Å². The molecule has 0 aromatic heterocycles. The first-order chi connectivity index (χ1) is 34.4. The number of nitrogens with zero attached hydrogens (tertiary/aromatic N) is 2. The molecule has 10 aromatic carbocycles. The lowest BCUT2D eigenvalue weighted by atomic mass is 9.82. The van der Waals surface area contributed by atoms with Crippen molar-refractivity contribution < 1.29 is 0 Å². The van der Waals surface area contributed by atoms with Gasteiger partial charge in [-0.2, -0.15) is 0 Å². The van der Waals surface area contributed by atoms with E-state index in [9.17, 15) is 0 Å². The van der Waals surface area contributed by atoms with E-state index < -0.39 is 0 Å². The Hall–Kier alpha value is -7.94. The fourth-order valence-corrected chi connectivity index (χ4v) is 11.6. The van der Waals surface area contributed by atoms with Gasteiger partial charge in [0.1, 0.15) is 0 Å². The molecule has 0 saturated heterocycles. The molecule has 2 heteroatoms. The van der Waals surface area contributed by atoms with Crippen LogP contribution >= 0.6 is 0 Å². The summed E-state index contributed by atoms with van der Waals surface area (Å²) in [6, 6.07) is 85.6. The number of rotatable bonds is 10. The quantitative estimate of drug-likeness (QED) is 0.135. The van der Waals surface area contributed by atoms with Crippen molar-refractivity contribution in [3.05, 3.63) is 253 Å². The molecule has 2 nitrogen and oxygen atoms in total. The largest absolute Gasteiger partial charge is 0.311 e. The third kappa shape index (κ3) is 7.98. The summed E-state index contributed by atoms with van der Waals surface area (Å²) in [5.74, 6) is 0.686. The fourth-order valence-electron chi connectivity index (χ4n) is 11.6. The molecule has 0 unspecified atom stereocenters. The minimum atomic E-state index is -0.138. The highest BCUT2D eigenvalue weighted by molar-refractivity contribution is 5.99. The molecule has 10 aromatic rings. The molecule has 0 heterocycles. The highest BCUT2D eigenvalue weighted by atomic mass is 15.1. The van der Waals surface area contributed by atoms with Crippen molar-refractivity contribution in [2.45, 2.75) is 64.2 Å². The SMILES string of the molecule is Cc1cccc2c1-c1ccc(N(c3ccc(-c4cccc(-c5ccc(N(c6ccccc6)c6ccc(C7CCCCC7)cc6)cc5)c4)cc3)c3cc4ccccc4cc3-c3ccccc3)cc1C2(C)C. The number of hydrogen-bond donors (Lipinski definition) is 0. The summed E-state index contributed by atoms with van der Waals surface area (Å²) in [7, 11) is 0. The Labute approximate surface area is 414 Å². The molecule has 2 aliphatic carbocycles. The van der Waals surface area contributed by atoms with Gasteiger partial charge in [-0.15, -0.1) is 0 Å². The van der Waals surface area contributed by atoms with E-state index in [1.807, 2.05) is 0 Å². The molecule has 0 atom stereocenters. The number of fused-ring (bicyclic) bond motifs is 4. The van der Waals surface area contributed by atoms with E-state index in [0.29, 0.717) is 5.92 Å². The van der Waals surface area contributed by atoms with Gasteiger partial charge in [0.15, 0.2) is 0 Å². The van der Waals surface area contributed by atoms with Crippen LogP contribution in [-0.2, 0) is 5.41 Å². The van der Waals surface area contributed by atoms with Gasteiger partial charge in [-0.05, 0) is 177 Å². The second kappa shape index (κ2) is 18.2. The summed E-state index contributed by atoms with van der Waals surface area (Å²) >= 11 is 0. The topological polar surface area (TPSA) is 6.48 Å². The molecule has 0 spiro atoms. The molecule has 0 amide bonds. The molecule has 1 fully saturated rings. The molecule has 0 N–H and O–H groups in total. The summed E-state index contributed by atoms with van der Waals surface area (Å²) in [4.78, 5) is 4.85. The zero-order chi connectivity index (χ0) is 47.2. The average molecular weight is 903 g/mol. The molecule has 0 radical (unpaired) electrons. The molecule has 0 aliphatic heterocycles. The predicted octanol–water partition coefficient (Wildman–Crippen LogP) is 19.4. The first-order valence-electron chi connectivity index (χ1n) is 25.3. The third-order valence-corrected chi connectivity index (χ3v) is 15.4. The smallest absolute Gasteiger partial charge is 0.0546 e. The maximum atomic E-state index is 2.48. The zero-order valence-electron chi connectivity index (χ0n) is 40.4. The molecule has 2 aliphatic rings. The summed E-state index contributed by atoms with van der Waals surface area (Å²) in [5.41, 5.74) is 22.1. The Bertz CT molecular complexity index is 3470. The van der Waals surface area contributed by atoms with Gasteiger partial charge in [0.25, 0.3) is 0 Å². The number of benzene rings is 10. The normalized spacial score (nSPS) is 14.0. The number of aryl methyl sites for hydroxylation is 1.